The molecule has 0 aliphatic heterocycles. The molecule has 1 aromatic carbocycles. The summed E-state index contributed by atoms with van der Waals surface area (Å²) in [5.41, 5.74) is 1.08. The van der Waals surface area contributed by atoms with Gasteiger partial charge in [0.15, 0.2) is 8.32 Å². The van der Waals surface area contributed by atoms with Crippen LogP contribution in [0.5, 0.6) is 0 Å². The van der Waals surface area contributed by atoms with Crippen LogP contribution in [0, 0.1) is 11.8 Å². The van der Waals surface area contributed by atoms with Crippen LogP contribution >= 0.6 is 0 Å². The molecule has 0 aliphatic rings. The summed E-state index contributed by atoms with van der Waals surface area (Å²) in [5, 5.41) is 10.6. The highest BCUT2D eigenvalue weighted by Gasteiger charge is 2.31. The Labute approximate surface area is 160 Å². The number of aliphatic hydroxyl groups excluding tert-OH is 1. The van der Waals surface area contributed by atoms with Crippen LogP contribution in [0.2, 0.25) is 18.1 Å². The lowest BCUT2D eigenvalue weighted by Crippen LogP contribution is -2.42. The molecule has 0 amide bonds. The van der Waals surface area contributed by atoms with E-state index >= 15 is 0 Å². The Hall–Kier alpha value is -1.16. The van der Waals surface area contributed by atoms with Gasteiger partial charge in [-0.2, -0.15) is 0 Å². The van der Waals surface area contributed by atoms with Gasteiger partial charge in [0.1, 0.15) is 12.7 Å². The summed E-state index contributed by atoms with van der Waals surface area (Å²) in [7, 11) is -0.119. The summed E-state index contributed by atoms with van der Waals surface area (Å²) < 4.78 is 17.3. The van der Waals surface area contributed by atoms with E-state index in [2.05, 4.69) is 32.6 Å². The molecule has 0 aliphatic carbocycles. The Morgan fingerprint density at radius 3 is 2.27 bits per heavy atom. The maximum Gasteiger partial charge on any atom is 0.192 e. The Balaban J connectivity index is 2.71. The van der Waals surface area contributed by atoms with Crippen molar-refractivity contribution in [2.24, 2.45) is 0 Å². The lowest BCUT2D eigenvalue weighted by Gasteiger charge is -2.31. The highest BCUT2D eigenvalue weighted by Crippen LogP contribution is 2.23. The van der Waals surface area contributed by atoms with Gasteiger partial charge in [-0.25, -0.2) is 0 Å². The molecule has 2 atom stereocenters. The lowest BCUT2D eigenvalue weighted by molar-refractivity contribution is -0.0656. The highest BCUT2D eigenvalue weighted by molar-refractivity contribution is 6.73. The van der Waals surface area contributed by atoms with Gasteiger partial charge in [-0.1, -0.05) is 62.9 Å². The van der Waals surface area contributed by atoms with E-state index in [0.29, 0.717) is 26.2 Å². The van der Waals surface area contributed by atoms with Crippen molar-refractivity contribution in [3.63, 3.8) is 0 Å². The normalized spacial score (nSPS) is 13.7. The Morgan fingerprint density at radius 2 is 1.69 bits per heavy atom. The van der Waals surface area contributed by atoms with Crippen LogP contribution < -0.4 is 0 Å². The molecule has 0 spiro atoms. The van der Waals surface area contributed by atoms with Crippen LogP contribution in [0.15, 0.2) is 30.3 Å². The van der Waals surface area contributed by atoms with Gasteiger partial charge in [0.05, 0.1) is 19.3 Å². The highest BCUT2D eigenvalue weighted by atomic mass is 28.4. The number of benzene rings is 1. The fraction of sp³-hybridized carbons (Fsp3) is 0.619. The third-order valence-electron chi connectivity index (χ3n) is 4.88. The zero-order valence-electron chi connectivity index (χ0n) is 16.7. The van der Waals surface area contributed by atoms with Crippen molar-refractivity contribution in [3.05, 3.63) is 35.9 Å². The summed E-state index contributed by atoms with van der Waals surface area (Å²) in [5.74, 6) is 5.84. The van der Waals surface area contributed by atoms with Crippen molar-refractivity contribution >= 4 is 8.32 Å². The first kappa shape index (κ1) is 22.9. The predicted molar refractivity (Wildman–Crippen MR) is 108 cm³/mol. The van der Waals surface area contributed by atoms with E-state index in [4.69, 9.17) is 13.9 Å². The van der Waals surface area contributed by atoms with Crippen LogP contribution in [0.4, 0.5) is 0 Å². The van der Waals surface area contributed by atoms with Crippen LogP contribution in [0.3, 0.4) is 0 Å². The topological polar surface area (TPSA) is 47.9 Å². The van der Waals surface area contributed by atoms with Gasteiger partial charge < -0.3 is 19.0 Å². The molecule has 0 saturated heterocycles. The zero-order chi connectivity index (χ0) is 19.3. The van der Waals surface area contributed by atoms with Crippen molar-refractivity contribution in [1.82, 2.24) is 0 Å². The summed E-state index contributed by atoms with van der Waals surface area (Å²) >= 11 is 0. The van der Waals surface area contributed by atoms with Crippen molar-refractivity contribution in [2.45, 2.75) is 64.1 Å². The van der Waals surface area contributed by atoms with E-state index in [1.54, 1.807) is 7.11 Å². The monoisotopic (exact) mass is 378 g/mol. The molecule has 1 aromatic rings. The van der Waals surface area contributed by atoms with Gasteiger partial charge in [0.2, 0.25) is 0 Å². The van der Waals surface area contributed by atoms with Crippen LogP contribution in [0.1, 0.15) is 32.8 Å². The second kappa shape index (κ2) is 13.1. The van der Waals surface area contributed by atoms with Crippen LogP contribution in [-0.4, -0.2) is 46.0 Å². The third kappa shape index (κ3) is 8.03. The van der Waals surface area contributed by atoms with Crippen LogP contribution in [-0.2, 0) is 20.5 Å². The van der Waals surface area contributed by atoms with Gasteiger partial charge in [0.25, 0.3) is 0 Å². The van der Waals surface area contributed by atoms with E-state index in [9.17, 15) is 5.11 Å². The van der Waals surface area contributed by atoms with E-state index in [1.165, 1.54) is 0 Å². The molecule has 0 aromatic heterocycles. The van der Waals surface area contributed by atoms with E-state index < -0.39 is 14.4 Å². The summed E-state index contributed by atoms with van der Waals surface area (Å²) in [6.45, 7) is 7.84. The maximum absolute atomic E-state index is 10.6. The SMILES string of the molecule is CC[Si](CC)(CC)OCC(OCc1ccccc1)C(O)CC#CCOC. The van der Waals surface area contributed by atoms with Crippen molar-refractivity contribution in [1.29, 1.82) is 0 Å². The molecule has 0 fully saturated rings. The Kier molecular flexibility index (Phi) is 11.5. The second-order valence-electron chi connectivity index (χ2n) is 6.45. The van der Waals surface area contributed by atoms with Gasteiger partial charge in [-0.15, -0.1) is 0 Å². The van der Waals surface area contributed by atoms with E-state index in [-0.39, 0.29) is 6.10 Å². The maximum atomic E-state index is 10.6. The fourth-order valence-electron chi connectivity index (χ4n) is 2.79. The Morgan fingerprint density at radius 1 is 1.04 bits per heavy atom. The van der Waals surface area contributed by atoms with Crippen LogP contribution in [0.25, 0.3) is 0 Å². The molecule has 0 radical (unpaired) electrons. The Bertz CT molecular complexity index is 526. The van der Waals surface area contributed by atoms with Crippen molar-refractivity contribution < 1.29 is 19.0 Å². The van der Waals surface area contributed by atoms with Gasteiger partial charge in [-0.3, -0.25) is 0 Å². The molecule has 0 saturated carbocycles. The molecule has 2 unspecified atom stereocenters. The molecule has 26 heavy (non-hydrogen) atoms. The number of hydrogen-bond donors (Lipinski definition) is 1. The van der Waals surface area contributed by atoms with Gasteiger partial charge in [0, 0.05) is 13.5 Å². The number of methoxy groups -OCH3 is 1. The minimum atomic E-state index is -1.73. The second-order valence-corrected chi connectivity index (χ2v) is 11.2. The zero-order valence-corrected chi connectivity index (χ0v) is 17.7. The summed E-state index contributed by atoms with van der Waals surface area (Å²) in [6, 6.07) is 13.2. The molecular weight excluding hydrogens is 344 g/mol. The van der Waals surface area contributed by atoms with E-state index in [1.807, 2.05) is 30.3 Å². The van der Waals surface area contributed by atoms with Crippen molar-refractivity contribution in [2.75, 3.05) is 20.3 Å². The molecule has 4 nitrogen and oxygen atoms in total. The molecule has 1 rings (SSSR count). The number of ether oxygens (including phenoxy) is 2. The van der Waals surface area contributed by atoms with E-state index in [0.717, 1.165) is 23.7 Å². The molecule has 1 N–H and O–H groups in total. The molecule has 146 valence electrons. The van der Waals surface area contributed by atoms with Gasteiger partial charge in [-0.05, 0) is 23.7 Å². The smallest absolute Gasteiger partial charge is 0.192 e. The first-order valence-electron chi connectivity index (χ1n) is 9.53. The number of rotatable bonds is 12. The minimum Gasteiger partial charge on any atom is -0.414 e. The number of hydrogen-bond acceptors (Lipinski definition) is 4. The summed E-state index contributed by atoms with van der Waals surface area (Å²) in [6.07, 6.45) is -0.714. The molecule has 0 heterocycles. The first-order valence-corrected chi connectivity index (χ1v) is 12.1. The quantitative estimate of drug-likeness (QED) is 0.441. The van der Waals surface area contributed by atoms with Gasteiger partial charge >= 0.3 is 0 Å². The molecule has 0 bridgehead atoms. The largest absolute Gasteiger partial charge is 0.414 e. The molecular formula is C21H34O4Si. The average Bonchev–Trinajstić information content (AvgIpc) is 2.69. The third-order valence-corrected chi connectivity index (χ3v) is 9.52. The molecule has 5 heteroatoms. The summed E-state index contributed by atoms with van der Waals surface area (Å²) in [4.78, 5) is 0. The minimum absolute atomic E-state index is 0.352. The standard InChI is InChI=1S/C21H34O4Si/c1-5-26(6-2,7-3)25-18-21(20(22)15-11-12-16-23-4)24-17-19-13-9-8-10-14-19/h8-10,13-14,20-22H,5-7,15-18H2,1-4H3. The predicted octanol–water partition coefficient (Wildman–Crippen LogP) is 3.99. The lowest BCUT2D eigenvalue weighted by atomic mass is 10.1. The first-order chi connectivity index (χ1) is 12.6. The van der Waals surface area contributed by atoms with Crippen molar-refractivity contribution in [3.8, 4) is 11.8 Å². The average molecular weight is 379 g/mol. The number of aliphatic hydroxyl groups is 1. The fourth-order valence-corrected chi connectivity index (χ4v) is 5.42.